The number of benzene rings is 2. The maximum absolute atomic E-state index is 14.9. The van der Waals surface area contributed by atoms with Crippen molar-refractivity contribution in [3.63, 3.8) is 0 Å². The number of hydrogen-bond acceptors (Lipinski definition) is 5. The molecule has 0 aliphatic heterocycles. The predicted octanol–water partition coefficient (Wildman–Crippen LogP) is 3.24. The molecule has 0 radical (unpaired) electrons. The third-order valence-corrected chi connectivity index (χ3v) is 6.27. The number of carbonyl (C=O) groups excluding carboxylic acids is 2. The maximum atomic E-state index is 14.9. The summed E-state index contributed by atoms with van der Waals surface area (Å²) in [5.41, 5.74) is 1.53. The number of para-hydroxylation sites is 1. The fourth-order valence-electron chi connectivity index (χ4n) is 4.52. The number of fused-ring (bicyclic) bond motifs is 1. The van der Waals surface area contributed by atoms with Gasteiger partial charge >= 0.3 is 0 Å². The van der Waals surface area contributed by atoms with Gasteiger partial charge in [-0.1, -0.05) is 54.8 Å². The number of amides is 2. The lowest BCUT2D eigenvalue weighted by molar-refractivity contribution is -0.142. The highest BCUT2D eigenvalue weighted by Crippen LogP contribution is 2.26. The molecule has 34 heavy (non-hydrogen) atoms. The minimum Gasteiger partial charge on any atom is -0.383 e. The quantitative estimate of drug-likeness (QED) is 0.522. The zero-order chi connectivity index (χ0) is 23.9. The van der Waals surface area contributed by atoms with Crippen LogP contribution in [0.2, 0.25) is 0 Å². The van der Waals surface area contributed by atoms with E-state index >= 15 is 0 Å². The molecule has 0 saturated heterocycles. The molecule has 1 fully saturated rings. The van der Waals surface area contributed by atoms with Crippen molar-refractivity contribution >= 4 is 22.8 Å². The molecular weight excluding hydrogens is 437 g/mol. The fraction of sp³-hybridized carbons (Fsp3) is 0.440. The van der Waals surface area contributed by atoms with Gasteiger partial charge in [-0.25, -0.2) is 9.07 Å². The van der Waals surface area contributed by atoms with Gasteiger partial charge in [-0.05, 0) is 31.0 Å². The minimum atomic E-state index is -1.12. The molecule has 0 spiro atoms. The molecule has 180 valence electrons. The number of aromatic nitrogens is 3. The van der Waals surface area contributed by atoms with E-state index in [0.717, 1.165) is 32.1 Å². The Hall–Kier alpha value is -3.33. The molecule has 2 aromatic carbocycles. The van der Waals surface area contributed by atoms with Gasteiger partial charge in [-0.3, -0.25) is 9.59 Å². The first-order valence-corrected chi connectivity index (χ1v) is 11.7. The molecule has 4 rings (SSSR count). The molecule has 1 N–H and O–H groups in total. The lowest BCUT2D eigenvalue weighted by Crippen LogP contribution is -2.49. The summed E-state index contributed by atoms with van der Waals surface area (Å²) in [6.45, 7) is 0.191. The molecule has 9 heteroatoms. The second-order valence-electron chi connectivity index (χ2n) is 8.58. The largest absolute Gasteiger partial charge is 0.383 e. The molecule has 0 bridgehead atoms. The van der Waals surface area contributed by atoms with Crippen molar-refractivity contribution in [2.75, 3.05) is 20.3 Å². The topological polar surface area (TPSA) is 89.3 Å². The van der Waals surface area contributed by atoms with E-state index < -0.39 is 11.9 Å². The summed E-state index contributed by atoms with van der Waals surface area (Å²) in [4.78, 5) is 28.5. The van der Waals surface area contributed by atoms with Crippen LogP contribution in [0.4, 0.5) is 4.39 Å². The molecule has 1 saturated carbocycles. The van der Waals surface area contributed by atoms with Gasteiger partial charge in [0.2, 0.25) is 11.8 Å². The highest BCUT2D eigenvalue weighted by atomic mass is 19.1. The Morgan fingerprint density at radius 3 is 2.65 bits per heavy atom. The molecule has 2 amide bonds. The first-order valence-electron chi connectivity index (χ1n) is 11.7. The molecule has 1 aliphatic carbocycles. The first-order chi connectivity index (χ1) is 16.6. The summed E-state index contributed by atoms with van der Waals surface area (Å²) < 4.78 is 21.6. The van der Waals surface area contributed by atoms with E-state index in [-0.39, 0.29) is 43.1 Å². The lowest BCUT2D eigenvalue weighted by Gasteiger charge is -2.33. The average molecular weight is 468 g/mol. The third kappa shape index (κ3) is 5.41. The summed E-state index contributed by atoms with van der Waals surface area (Å²) >= 11 is 0. The highest BCUT2D eigenvalue weighted by Gasteiger charge is 2.34. The van der Waals surface area contributed by atoms with Gasteiger partial charge in [-0.2, -0.15) is 0 Å². The lowest BCUT2D eigenvalue weighted by atomic mass is 9.94. The van der Waals surface area contributed by atoms with E-state index in [1.165, 1.54) is 22.8 Å². The molecule has 1 aromatic heterocycles. The van der Waals surface area contributed by atoms with Crippen molar-refractivity contribution in [1.29, 1.82) is 0 Å². The Balaban J connectivity index is 1.65. The van der Waals surface area contributed by atoms with Crippen molar-refractivity contribution in [3.8, 4) is 0 Å². The Morgan fingerprint density at radius 2 is 1.88 bits per heavy atom. The average Bonchev–Trinajstić information content (AvgIpc) is 3.25. The van der Waals surface area contributed by atoms with E-state index in [1.54, 1.807) is 18.2 Å². The standard InChI is InChI=1S/C25H30FN5O3/c1-34-16-15-30(23(32)17-31-22-14-8-7-13-21(22)28-29-31)24(19-11-5-6-12-20(19)26)25(33)27-18-9-3-2-4-10-18/h5-8,11-14,18,24H,2-4,9-10,15-17H2,1H3,(H,27,33)/t24-/m1/s1. The number of rotatable bonds is 9. The van der Waals surface area contributed by atoms with Gasteiger partial charge in [0.25, 0.3) is 0 Å². The van der Waals surface area contributed by atoms with Crippen LogP contribution in [-0.4, -0.2) is 58.0 Å². The molecule has 3 aromatic rings. The van der Waals surface area contributed by atoms with E-state index in [9.17, 15) is 14.0 Å². The number of methoxy groups -OCH3 is 1. The number of carbonyl (C=O) groups is 2. The van der Waals surface area contributed by atoms with Crippen molar-refractivity contribution in [1.82, 2.24) is 25.2 Å². The molecule has 1 heterocycles. The van der Waals surface area contributed by atoms with Crippen molar-refractivity contribution in [2.45, 2.75) is 50.7 Å². The SMILES string of the molecule is COCCN(C(=O)Cn1nnc2ccccc21)[C@@H](C(=O)NC1CCCCC1)c1ccccc1F. The Bertz CT molecular complexity index is 1130. The van der Waals surface area contributed by atoms with E-state index in [0.29, 0.717) is 11.0 Å². The minimum absolute atomic E-state index is 0.0224. The summed E-state index contributed by atoms with van der Waals surface area (Å²) in [5.74, 6) is -1.29. The third-order valence-electron chi connectivity index (χ3n) is 6.27. The van der Waals surface area contributed by atoms with Crippen LogP contribution in [0.15, 0.2) is 48.5 Å². The summed E-state index contributed by atoms with van der Waals surface area (Å²) in [5, 5.41) is 11.3. The number of hydrogen-bond donors (Lipinski definition) is 1. The van der Waals surface area contributed by atoms with Crippen LogP contribution in [0.5, 0.6) is 0 Å². The van der Waals surface area contributed by atoms with Crippen LogP contribution >= 0.6 is 0 Å². The van der Waals surface area contributed by atoms with Gasteiger partial charge in [0.05, 0.1) is 12.1 Å². The van der Waals surface area contributed by atoms with Crippen LogP contribution in [0, 0.1) is 5.82 Å². The molecular formula is C25H30FN5O3. The van der Waals surface area contributed by atoms with Gasteiger partial charge in [0, 0.05) is 25.3 Å². The number of ether oxygens (including phenoxy) is 1. The van der Waals surface area contributed by atoms with Gasteiger partial charge in [-0.15, -0.1) is 5.10 Å². The number of nitrogens with one attached hydrogen (secondary N) is 1. The second-order valence-corrected chi connectivity index (χ2v) is 8.58. The molecule has 1 aliphatic rings. The highest BCUT2D eigenvalue weighted by molar-refractivity contribution is 5.89. The zero-order valence-electron chi connectivity index (χ0n) is 19.3. The summed E-state index contributed by atoms with van der Waals surface area (Å²) in [6.07, 6.45) is 4.99. The molecule has 1 atom stereocenters. The van der Waals surface area contributed by atoms with Crippen molar-refractivity contribution < 1.29 is 18.7 Å². The molecule has 0 unspecified atom stereocenters. The second kappa shape index (κ2) is 11.2. The fourth-order valence-corrected chi connectivity index (χ4v) is 4.52. The zero-order valence-corrected chi connectivity index (χ0v) is 19.3. The summed E-state index contributed by atoms with van der Waals surface area (Å²) in [7, 11) is 1.52. The Labute approximate surface area is 198 Å². The summed E-state index contributed by atoms with van der Waals surface area (Å²) in [6, 6.07) is 12.3. The smallest absolute Gasteiger partial charge is 0.247 e. The molecule has 8 nitrogen and oxygen atoms in total. The monoisotopic (exact) mass is 467 g/mol. The first kappa shape index (κ1) is 23.8. The number of halogens is 1. The Kier molecular flexibility index (Phi) is 7.84. The van der Waals surface area contributed by atoms with E-state index in [2.05, 4.69) is 15.6 Å². The van der Waals surface area contributed by atoms with Crippen LogP contribution in [0.1, 0.15) is 43.7 Å². The van der Waals surface area contributed by atoms with E-state index in [4.69, 9.17) is 4.74 Å². The van der Waals surface area contributed by atoms with Crippen LogP contribution < -0.4 is 5.32 Å². The van der Waals surface area contributed by atoms with Crippen molar-refractivity contribution in [2.24, 2.45) is 0 Å². The van der Waals surface area contributed by atoms with Gasteiger partial charge < -0.3 is 15.0 Å². The van der Waals surface area contributed by atoms with E-state index in [1.807, 2.05) is 24.3 Å². The van der Waals surface area contributed by atoms with Crippen LogP contribution in [-0.2, 0) is 20.9 Å². The van der Waals surface area contributed by atoms with Gasteiger partial charge in [0.15, 0.2) is 0 Å². The maximum Gasteiger partial charge on any atom is 0.247 e. The number of nitrogens with zero attached hydrogens (tertiary/aromatic N) is 4. The van der Waals surface area contributed by atoms with Crippen molar-refractivity contribution in [3.05, 3.63) is 59.9 Å². The van der Waals surface area contributed by atoms with Crippen LogP contribution in [0.3, 0.4) is 0 Å². The predicted molar refractivity (Wildman–Crippen MR) is 125 cm³/mol. The van der Waals surface area contributed by atoms with Crippen LogP contribution in [0.25, 0.3) is 11.0 Å². The Morgan fingerprint density at radius 1 is 1.15 bits per heavy atom. The van der Waals surface area contributed by atoms with Gasteiger partial charge in [0.1, 0.15) is 23.9 Å². The normalized spacial score (nSPS) is 15.2.